The predicted molar refractivity (Wildman–Crippen MR) is 94.9 cm³/mol. The monoisotopic (exact) mass is 309 g/mol. The first-order valence-electron chi connectivity index (χ1n) is 8.59. The van der Waals surface area contributed by atoms with E-state index < -0.39 is 6.23 Å². The molecule has 1 aliphatic rings. The van der Waals surface area contributed by atoms with Gasteiger partial charge in [-0.1, -0.05) is 74.9 Å². The summed E-state index contributed by atoms with van der Waals surface area (Å²) >= 11 is 0. The van der Waals surface area contributed by atoms with Crippen molar-refractivity contribution in [3.8, 4) is 0 Å². The molecule has 23 heavy (non-hydrogen) atoms. The second-order valence-electron chi connectivity index (χ2n) is 7.17. The third-order valence-electron chi connectivity index (χ3n) is 5.46. The Morgan fingerprint density at radius 3 is 2.17 bits per heavy atom. The summed E-state index contributed by atoms with van der Waals surface area (Å²) in [6, 6.07) is 19.1. The van der Waals surface area contributed by atoms with Gasteiger partial charge in [-0.2, -0.15) is 0 Å². The van der Waals surface area contributed by atoms with Gasteiger partial charge < -0.3 is 5.11 Å². The molecule has 0 saturated carbocycles. The van der Waals surface area contributed by atoms with Crippen LogP contribution in [-0.4, -0.2) is 10.0 Å². The van der Waals surface area contributed by atoms with Gasteiger partial charge in [-0.05, 0) is 30.9 Å². The van der Waals surface area contributed by atoms with Crippen molar-refractivity contribution in [1.29, 1.82) is 0 Å². The van der Waals surface area contributed by atoms with Gasteiger partial charge >= 0.3 is 0 Å². The van der Waals surface area contributed by atoms with Crippen LogP contribution in [0.4, 0.5) is 0 Å². The Bertz CT molecular complexity index is 665. The van der Waals surface area contributed by atoms with Gasteiger partial charge in [0, 0.05) is 17.1 Å². The maximum absolute atomic E-state index is 11.1. The molecule has 3 unspecified atom stereocenters. The molecule has 3 atom stereocenters. The van der Waals surface area contributed by atoms with E-state index in [1.54, 1.807) is 0 Å². The molecular weight excluding hydrogens is 282 g/mol. The Morgan fingerprint density at radius 1 is 1.00 bits per heavy atom. The van der Waals surface area contributed by atoms with E-state index in [0.29, 0.717) is 5.92 Å². The molecule has 1 N–H and O–H groups in total. The summed E-state index contributed by atoms with van der Waals surface area (Å²) in [5, 5.41) is 11.1. The van der Waals surface area contributed by atoms with E-state index in [1.807, 2.05) is 12.1 Å². The second kappa shape index (κ2) is 6.10. The number of hydrogen-bond donors (Lipinski definition) is 1. The minimum atomic E-state index is -0.555. The summed E-state index contributed by atoms with van der Waals surface area (Å²) in [6.45, 7) is 8.94. The quantitative estimate of drug-likeness (QED) is 0.857. The van der Waals surface area contributed by atoms with Gasteiger partial charge in [-0.25, -0.2) is 0 Å². The molecule has 0 spiro atoms. The molecule has 0 aromatic heterocycles. The number of benzene rings is 2. The van der Waals surface area contributed by atoms with Crippen molar-refractivity contribution in [2.45, 2.75) is 51.9 Å². The zero-order chi connectivity index (χ0) is 16.6. The SMILES string of the molecule is CCC(C)C1c2ccccc2C(O)N1C(C)(C)c1ccccc1. The van der Waals surface area contributed by atoms with Crippen molar-refractivity contribution < 1.29 is 5.11 Å². The first kappa shape index (κ1) is 16.2. The third-order valence-corrected chi connectivity index (χ3v) is 5.46. The molecule has 0 saturated heterocycles. The Hall–Kier alpha value is -1.64. The van der Waals surface area contributed by atoms with Crippen molar-refractivity contribution in [3.63, 3.8) is 0 Å². The Labute approximate surface area is 139 Å². The number of aliphatic hydroxyl groups excluding tert-OH is 1. The Morgan fingerprint density at radius 2 is 1.57 bits per heavy atom. The number of aliphatic hydroxyl groups is 1. The zero-order valence-corrected chi connectivity index (χ0v) is 14.5. The molecule has 2 nitrogen and oxygen atoms in total. The zero-order valence-electron chi connectivity index (χ0n) is 14.5. The van der Waals surface area contributed by atoms with Crippen molar-refractivity contribution in [3.05, 3.63) is 71.3 Å². The van der Waals surface area contributed by atoms with E-state index in [-0.39, 0.29) is 11.6 Å². The predicted octanol–water partition coefficient (Wildman–Crippen LogP) is 5.02. The molecule has 1 aliphatic heterocycles. The molecule has 2 aromatic rings. The van der Waals surface area contributed by atoms with Crippen molar-refractivity contribution in [1.82, 2.24) is 4.90 Å². The molecular formula is C21H27NO. The number of rotatable bonds is 4. The summed E-state index contributed by atoms with van der Waals surface area (Å²) < 4.78 is 0. The molecule has 0 aliphatic carbocycles. The van der Waals surface area contributed by atoms with E-state index in [2.05, 4.69) is 75.1 Å². The van der Waals surface area contributed by atoms with Crippen LogP contribution in [0.15, 0.2) is 54.6 Å². The minimum Gasteiger partial charge on any atom is -0.374 e. The van der Waals surface area contributed by atoms with Gasteiger partial charge in [0.2, 0.25) is 0 Å². The van der Waals surface area contributed by atoms with E-state index >= 15 is 0 Å². The number of hydrogen-bond acceptors (Lipinski definition) is 2. The molecule has 0 amide bonds. The summed E-state index contributed by atoms with van der Waals surface area (Å²) in [4.78, 5) is 2.29. The molecule has 0 bridgehead atoms. The molecule has 0 radical (unpaired) electrons. The summed E-state index contributed by atoms with van der Waals surface area (Å²) in [6.07, 6.45) is 0.535. The smallest absolute Gasteiger partial charge is 0.135 e. The fourth-order valence-corrected chi connectivity index (χ4v) is 3.92. The van der Waals surface area contributed by atoms with Crippen molar-refractivity contribution in [2.24, 2.45) is 5.92 Å². The molecule has 3 rings (SSSR count). The largest absolute Gasteiger partial charge is 0.374 e. The molecule has 0 fully saturated rings. The van der Waals surface area contributed by atoms with Crippen LogP contribution in [-0.2, 0) is 5.54 Å². The maximum atomic E-state index is 11.1. The van der Waals surface area contributed by atoms with Crippen LogP contribution in [0.1, 0.15) is 63.1 Å². The topological polar surface area (TPSA) is 23.5 Å². The second-order valence-corrected chi connectivity index (χ2v) is 7.17. The summed E-state index contributed by atoms with van der Waals surface area (Å²) in [5.41, 5.74) is 3.33. The lowest BCUT2D eigenvalue weighted by Gasteiger charge is -2.44. The van der Waals surface area contributed by atoms with Crippen molar-refractivity contribution in [2.75, 3.05) is 0 Å². The van der Waals surface area contributed by atoms with Gasteiger partial charge in [0.25, 0.3) is 0 Å². The van der Waals surface area contributed by atoms with E-state index in [9.17, 15) is 5.11 Å². The van der Waals surface area contributed by atoms with Gasteiger partial charge in [0.1, 0.15) is 6.23 Å². The average Bonchev–Trinajstić information content (AvgIpc) is 2.89. The lowest BCUT2D eigenvalue weighted by Crippen LogP contribution is -2.44. The normalized spacial score (nSPS) is 22.8. The maximum Gasteiger partial charge on any atom is 0.135 e. The average molecular weight is 309 g/mol. The van der Waals surface area contributed by atoms with Crippen LogP contribution in [0.25, 0.3) is 0 Å². The molecule has 122 valence electrons. The fraction of sp³-hybridized carbons (Fsp3) is 0.429. The van der Waals surface area contributed by atoms with Crippen molar-refractivity contribution >= 4 is 0 Å². The van der Waals surface area contributed by atoms with Crippen LogP contribution < -0.4 is 0 Å². The summed E-state index contributed by atoms with van der Waals surface area (Å²) in [7, 11) is 0. The van der Waals surface area contributed by atoms with E-state index in [1.165, 1.54) is 11.1 Å². The lowest BCUT2D eigenvalue weighted by atomic mass is 9.86. The highest BCUT2D eigenvalue weighted by Crippen LogP contribution is 2.51. The molecule has 2 heteroatoms. The van der Waals surface area contributed by atoms with E-state index in [0.717, 1.165) is 12.0 Å². The molecule has 2 aromatic carbocycles. The highest BCUT2D eigenvalue weighted by Gasteiger charge is 2.46. The Balaban J connectivity index is 2.10. The van der Waals surface area contributed by atoms with Crippen LogP contribution in [0.5, 0.6) is 0 Å². The minimum absolute atomic E-state index is 0.237. The Kier molecular flexibility index (Phi) is 4.31. The molecule has 1 heterocycles. The van der Waals surface area contributed by atoms with Gasteiger partial charge in [-0.15, -0.1) is 0 Å². The summed E-state index contributed by atoms with van der Waals surface area (Å²) in [5.74, 6) is 0.483. The van der Waals surface area contributed by atoms with Gasteiger partial charge in [-0.3, -0.25) is 4.90 Å². The first-order valence-corrected chi connectivity index (χ1v) is 8.59. The lowest BCUT2D eigenvalue weighted by molar-refractivity contribution is -0.0876. The fourth-order valence-electron chi connectivity index (χ4n) is 3.92. The van der Waals surface area contributed by atoms with Crippen LogP contribution in [0.2, 0.25) is 0 Å². The third kappa shape index (κ3) is 2.60. The van der Waals surface area contributed by atoms with Crippen LogP contribution in [0.3, 0.4) is 0 Å². The standard InChI is InChI=1S/C21H27NO/c1-5-15(2)19-17-13-9-10-14-18(17)20(23)22(19)21(3,4)16-11-7-6-8-12-16/h6-15,19-20,23H,5H2,1-4H3. The van der Waals surface area contributed by atoms with Crippen LogP contribution in [0, 0.1) is 5.92 Å². The number of fused-ring (bicyclic) bond motifs is 1. The van der Waals surface area contributed by atoms with Gasteiger partial charge in [0.15, 0.2) is 0 Å². The highest BCUT2D eigenvalue weighted by atomic mass is 16.3. The van der Waals surface area contributed by atoms with Gasteiger partial charge in [0.05, 0.1) is 0 Å². The van der Waals surface area contributed by atoms with Crippen LogP contribution >= 0.6 is 0 Å². The highest BCUT2D eigenvalue weighted by molar-refractivity contribution is 5.38. The first-order chi connectivity index (χ1) is 11.0. The number of nitrogens with zero attached hydrogens (tertiary/aromatic N) is 1. The van der Waals surface area contributed by atoms with E-state index in [4.69, 9.17) is 0 Å².